The average molecular weight is 477 g/mol. The van der Waals surface area contributed by atoms with E-state index in [1.54, 1.807) is 30.1 Å². The summed E-state index contributed by atoms with van der Waals surface area (Å²) in [4.78, 5) is 20.4. The molecule has 3 aromatic rings. The van der Waals surface area contributed by atoms with Gasteiger partial charge in [0.25, 0.3) is 5.91 Å². The number of anilines is 1. The Morgan fingerprint density at radius 3 is 2.18 bits per heavy atom. The lowest BCUT2D eigenvalue weighted by molar-refractivity contribution is -0.119. The van der Waals surface area contributed by atoms with Gasteiger partial charge in [-0.05, 0) is 71.0 Å². The number of likely N-dealkylation sites (N-methyl/N-ethyl adjacent to an activating group) is 1. The predicted molar refractivity (Wildman–Crippen MR) is 139 cm³/mol. The van der Waals surface area contributed by atoms with Crippen LogP contribution in [0.15, 0.2) is 65.7 Å². The zero-order chi connectivity index (χ0) is 24.6. The normalized spacial score (nSPS) is 16.0. The minimum atomic E-state index is -0.617. The molecule has 1 aliphatic rings. The van der Waals surface area contributed by atoms with Crippen molar-refractivity contribution >= 4 is 28.9 Å². The lowest BCUT2D eigenvalue weighted by Crippen LogP contribution is -2.36. The monoisotopic (exact) mass is 476 g/mol. The second-order valence-electron chi connectivity index (χ2n) is 9.49. The Labute approximate surface area is 206 Å². The lowest BCUT2D eigenvalue weighted by Gasteiger charge is -2.24. The maximum atomic E-state index is 13.7. The second kappa shape index (κ2) is 9.71. The van der Waals surface area contributed by atoms with Crippen LogP contribution in [0.25, 0.3) is 0 Å². The molecule has 1 aliphatic heterocycles. The largest absolute Gasteiger partial charge is 0.313 e. The quantitative estimate of drug-likeness (QED) is 0.384. The van der Waals surface area contributed by atoms with E-state index < -0.39 is 6.04 Å². The summed E-state index contributed by atoms with van der Waals surface area (Å²) in [6.45, 7) is 8.70. The zero-order valence-corrected chi connectivity index (χ0v) is 21.0. The Morgan fingerprint density at radius 2 is 1.59 bits per heavy atom. The van der Waals surface area contributed by atoms with Crippen LogP contribution in [0.2, 0.25) is 5.02 Å². The molecule has 1 atom stereocenters. The molecule has 0 saturated carbocycles. The van der Waals surface area contributed by atoms with Crippen LogP contribution in [0.4, 0.5) is 10.1 Å². The average Bonchev–Trinajstić information content (AvgIpc) is 2.90. The molecule has 176 valence electrons. The standard InChI is InChI=1S/C29H30ClFN2O/c1-17(2)22-7-6-8-23(18(3)4)24(22)16-26-29(34)33(5)27-14-11-20(30)15-25(27)28(32-26)19-9-12-21(31)13-10-19/h6-15,17-18,26H,16H2,1-5H3. The van der Waals surface area contributed by atoms with Crippen molar-refractivity contribution in [3.05, 3.63) is 99.3 Å². The van der Waals surface area contributed by atoms with E-state index in [9.17, 15) is 9.18 Å². The van der Waals surface area contributed by atoms with Crippen molar-refractivity contribution in [2.45, 2.75) is 52.0 Å². The highest BCUT2D eigenvalue weighted by atomic mass is 35.5. The molecular formula is C29H30ClFN2O. The first-order valence-corrected chi connectivity index (χ1v) is 12.1. The van der Waals surface area contributed by atoms with Crippen molar-refractivity contribution in [3.63, 3.8) is 0 Å². The molecule has 0 saturated heterocycles. The van der Waals surface area contributed by atoms with Gasteiger partial charge in [0.05, 0.1) is 11.4 Å². The fraction of sp³-hybridized carbons (Fsp3) is 0.310. The number of aliphatic imine (C=N–C) groups is 1. The molecule has 0 radical (unpaired) electrons. The minimum Gasteiger partial charge on any atom is -0.313 e. The number of benzene rings is 3. The maximum Gasteiger partial charge on any atom is 0.251 e. The highest BCUT2D eigenvalue weighted by Gasteiger charge is 2.31. The van der Waals surface area contributed by atoms with Crippen molar-refractivity contribution in [3.8, 4) is 0 Å². The van der Waals surface area contributed by atoms with E-state index in [1.807, 2.05) is 12.1 Å². The van der Waals surface area contributed by atoms with Crippen molar-refractivity contribution < 1.29 is 9.18 Å². The molecule has 3 nitrogen and oxygen atoms in total. The molecule has 0 spiro atoms. The summed E-state index contributed by atoms with van der Waals surface area (Å²) < 4.78 is 13.7. The minimum absolute atomic E-state index is 0.0750. The molecular weight excluding hydrogens is 447 g/mol. The van der Waals surface area contributed by atoms with Gasteiger partial charge in [0.1, 0.15) is 11.9 Å². The second-order valence-corrected chi connectivity index (χ2v) is 9.92. The number of carbonyl (C=O) groups excluding carboxylic acids is 1. The van der Waals surface area contributed by atoms with Crippen LogP contribution in [0.1, 0.15) is 67.3 Å². The summed E-state index contributed by atoms with van der Waals surface area (Å²) in [5.41, 5.74) is 6.56. The van der Waals surface area contributed by atoms with Gasteiger partial charge in [0, 0.05) is 29.6 Å². The summed E-state index contributed by atoms with van der Waals surface area (Å²) in [5.74, 6) is 0.253. The Balaban J connectivity index is 1.91. The molecule has 34 heavy (non-hydrogen) atoms. The van der Waals surface area contributed by atoms with E-state index in [0.717, 1.165) is 16.8 Å². The molecule has 4 rings (SSSR count). The Hall–Kier alpha value is -2.98. The van der Waals surface area contributed by atoms with E-state index in [2.05, 4.69) is 45.9 Å². The molecule has 0 aromatic heterocycles. The molecule has 0 aliphatic carbocycles. The number of hydrogen-bond donors (Lipinski definition) is 0. The van der Waals surface area contributed by atoms with Gasteiger partial charge in [0.15, 0.2) is 0 Å². The number of benzodiazepines with no additional fused rings is 1. The molecule has 0 N–H and O–H groups in total. The van der Waals surface area contributed by atoms with Crippen LogP contribution >= 0.6 is 11.6 Å². The fourth-order valence-electron chi connectivity index (χ4n) is 4.72. The molecule has 0 fully saturated rings. The number of carbonyl (C=O) groups is 1. The highest BCUT2D eigenvalue weighted by molar-refractivity contribution is 6.32. The van der Waals surface area contributed by atoms with Gasteiger partial charge in [-0.1, -0.05) is 57.5 Å². The van der Waals surface area contributed by atoms with Gasteiger partial charge in [0.2, 0.25) is 0 Å². The van der Waals surface area contributed by atoms with Crippen molar-refractivity contribution in [1.82, 2.24) is 0 Å². The number of halogens is 2. The van der Waals surface area contributed by atoms with Crippen LogP contribution in [0.3, 0.4) is 0 Å². The number of hydrogen-bond acceptors (Lipinski definition) is 2. The van der Waals surface area contributed by atoms with Crippen LogP contribution in [0, 0.1) is 5.82 Å². The van der Waals surface area contributed by atoms with Crippen molar-refractivity contribution in [2.75, 3.05) is 11.9 Å². The van der Waals surface area contributed by atoms with Gasteiger partial charge in [-0.3, -0.25) is 9.79 Å². The van der Waals surface area contributed by atoms with Crippen molar-refractivity contribution in [1.29, 1.82) is 0 Å². The fourth-order valence-corrected chi connectivity index (χ4v) is 4.89. The van der Waals surface area contributed by atoms with Gasteiger partial charge in [-0.15, -0.1) is 0 Å². The smallest absolute Gasteiger partial charge is 0.251 e. The van der Waals surface area contributed by atoms with E-state index in [-0.39, 0.29) is 11.7 Å². The SMILES string of the molecule is CC(C)c1cccc(C(C)C)c1CC1N=C(c2ccc(F)cc2)c2cc(Cl)ccc2N(C)C1=O. The van der Waals surface area contributed by atoms with Gasteiger partial charge in [-0.25, -0.2) is 4.39 Å². The van der Waals surface area contributed by atoms with Crippen LogP contribution in [-0.2, 0) is 11.2 Å². The first-order chi connectivity index (χ1) is 16.2. The molecule has 1 unspecified atom stereocenters. The first-order valence-electron chi connectivity index (χ1n) is 11.7. The van der Waals surface area contributed by atoms with E-state index in [1.165, 1.54) is 28.8 Å². The third-order valence-electron chi connectivity index (χ3n) is 6.48. The lowest BCUT2D eigenvalue weighted by atomic mass is 9.85. The van der Waals surface area contributed by atoms with Crippen LogP contribution in [0.5, 0.6) is 0 Å². The molecule has 1 heterocycles. The number of nitrogens with zero attached hydrogens (tertiary/aromatic N) is 2. The highest BCUT2D eigenvalue weighted by Crippen LogP contribution is 2.34. The first kappa shape index (κ1) is 24.2. The molecule has 5 heteroatoms. The predicted octanol–water partition coefficient (Wildman–Crippen LogP) is 7.15. The third-order valence-corrected chi connectivity index (χ3v) is 6.72. The molecule has 1 amide bonds. The van der Waals surface area contributed by atoms with E-state index in [4.69, 9.17) is 16.6 Å². The van der Waals surface area contributed by atoms with Gasteiger partial charge >= 0.3 is 0 Å². The number of rotatable bonds is 5. The summed E-state index contributed by atoms with van der Waals surface area (Å²) in [6.07, 6.45) is 0.497. The topological polar surface area (TPSA) is 32.7 Å². The molecule has 3 aromatic carbocycles. The van der Waals surface area contributed by atoms with Gasteiger partial charge < -0.3 is 4.90 Å². The Bertz CT molecular complexity index is 1220. The Morgan fingerprint density at radius 1 is 0.971 bits per heavy atom. The summed E-state index contributed by atoms with van der Waals surface area (Å²) in [6, 6.07) is 17.5. The Kier molecular flexibility index (Phi) is 6.90. The van der Waals surface area contributed by atoms with Crippen LogP contribution < -0.4 is 4.90 Å². The zero-order valence-electron chi connectivity index (χ0n) is 20.3. The summed E-state index contributed by atoms with van der Waals surface area (Å²) in [7, 11) is 1.78. The third kappa shape index (κ3) is 4.65. The summed E-state index contributed by atoms with van der Waals surface area (Å²) >= 11 is 6.35. The summed E-state index contributed by atoms with van der Waals surface area (Å²) in [5, 5.41) is 0.556. The van der Waals surface area contributed by atoms with Gasteiger partial charge in [-0.2, -0.15) is 0 Å². The number of amides is 1. The number of fused-ring (bicyclic) bond motifs is 1. The van der Waals surface area contributed by atoms with E-state index in [0.29, 0.717) is 29.0 Å². The molecule has 0 bridgehead atoms. The van der Waals surface area contributed by atoms with E-state index >= 15 is 0 Å². The van der Waals surface area contributed by atoms with Crippen LogP contribution in [-0.4, -0.2) is 24.7 Å². The maximum absolute atomic E-state index is 13.7. The van der Waals surface area contributed by atoms with Crippen molar-refractivity contribution in [2.24, 2.45) is 4.99 Å².